The summed E-state index contributed by atoms with van der Waals surface area (Å²) in [6.07, 6.45) is 0. The summed E-state index contributed by atoms with van der Waals surface area (Å²) in [7, 11) is -6.21. The molecular formula is C36H62Br2N2O4S2Si2. The van der Waals surface area contributed by atoms with Crippen LogP contribution in [0.25, 0.3) is 0 Å². The Balaban J connectivity index is 0.000000480. The fourth-order valence-corrected chi connectivity index (χ4v) is 7.14. The minimum atomic E-state index is -1.90. The molecule has 3 atom stereocenters. The molecule has 0 aliphatic rings. The molecule has 2 aromatic rings. The van der Waals surface area contributed by atoms with Crippen LogP contribution in [0.2, 0.25) is 36.3 Å². The Hall–Kier alpha value is -0.316. The molecule has 12 heteroatoms. The van der Waals surface area contributed by atoms with Crippen molar-refractivity contribution in [3.05, 3.63) is 68.6 Å². The third-order valence-corrected chi connectivity index (χ3v) is 21.8. The standard InChI is InChI=1S/C18H32BrNO2SSi.C18H30BrNO2SSi/c2*1-17(2,3)23(21)20-16(14-9-11-15(19)12-10-14)13-22-24(7,8)18(4,5)6/h9-12,16,20H,13H2,1-8H3;9-12H,13H2,1-8H3/t16-,23-;23-/m00/s1. The molecule has 6 nitrogen and oxygen atoms in total. The summed E-state index contributed by atoms with van der Waals surface area (Å²) in [5, 5.41) is 0.279. The topological polar surface area (TPSA) is 77.0 Å². The first-order valence-electron chi connectivity index (χ1n) is 16.4. The van der Waals surface area contributed by atoms with Crippen LogP contribution in [0.1, 0.15) is 100 Å². The van der Waals surface area contributed by atoms with Gasteiger partial charge in [0.05, 0.1) is 45.4 Å². The molecule has 0 aliphatic carbocycles. The summed E-state index contributed by atoms with van der Waals surface area (Å²) >= 11 is 6.92. The maximum atomic E-state index is 12.6. The Labute approximate surface area is 317 Å². The molecule has 0 aliphatic heterocycles. The Bertz CT molecular complexity index is 1390. The SMILES string of the molecule is CC(C)(C)[S@](=O)N=C(CO[Si](C)(C)C(C)(C)C)c1ccc(Br)cc1.CC(C)(C)[S@](=O)N[C@@H](CO[Si](C)(C)C(C)(C)C)c1ccc(Br)cc1. The fraction of sp³-hybridized carbons (Fsp3) is 0.639. The zero-order chi connectivity index (χ0) is 37.5. The monoisotopic (exact) mass is 864 g/mol. The van der Waals surface area contributed by atoms with Crippen LogP contribution < -0.4 is 4.72 Å². The van der Waals surface area contributed by atoms with E-state index in [1.54, 1.807) is 0 Å². The summed E-state index contributed by atoms with van der Waals surface area (Å²) in [5.74, 6) is 0. The fourth-order valence-electron chi connectivity index (χ4n) is 3.21. The van der Waals surface area contributed by atoms with Crippen molar-refractivity contribution in [2.45, 2.75) is 135 Å². The van der Waals surface area contributed by atoms with Crippen LogP contribution >= 0.6 is 31.9 Å². The van der Waals surface area contributed by atoms with Crippen molar-refractivity contribution in [2.75, 3.05) is 13.2 Å². The lowest BCUT2D eigenvalue weighted by molar-refractivity contribution is 0.257. The van der Waals surface area contributed by atoms with Crippen LogP contribution in [-0.4, -0.2) is 53.5 Å². The first-order valence-corrected chi connectivity index (χ1v) is 26.1. The molecule has 2 rings (SSSR count). The summed E-state index contributed by atoms with van der Waals surface area (Å²) in [4.78, 5) is 0. The van der Waals surface area contributed by atoms with Gasteiger partial charge in [0.25, 0.3) is 0 Å². The highest BCUT2D eigenvalue weighted by atomic mass is 79.9. The van der Waals surface area contributed by atoms with Gasteiger partial charge in [-0.3, -0.25) is 0 Å². The van der Waals surface area contributed by atoms with Crippen molar-refractivity contribution in [1.82, 2.24) is 4.72 Å². The van der Waals surface area contributed by atoms with Crippen LogP contribution in [0.3, 0.4) is 0 Å². The first-order chi connectivity index (χ1) is 21.5. The van der Waals surface area contributed by atoms with Crippen LogP contribution in [0.5, 0.6) is 0 Å². The molecule has 0 bridgehead atoms. The lowest BCUT2D eigenvalue weighted by atomic mass is 10.1. The summed E-state index contributed by atoms with van der Waals surface area (Å²) in [5.41, 5.74) is 2.80. The second kappa shape index (κ2) is 17.9. The summed E-state index contributed by atoms with van der Waals surface area (Å²) < 4.78 is 46.9. The second-order valence-electron chi connectivity index (χ2n) is 17.1. The third kappa shape index (κ3) is 15.1. The normalized spacial score (nSPS) is 15.8. The van der Waals surface area contributed by atoms with Gasteiger partial charge in [0.15, 0.2) is 16.6 Å². The van der Waals surface area contributed by atoms with Gasteiger partial charge in [0.1, 0.15) is 11.0 Å². The van der Waals surface area contributed by atoms with E-state index in [9.17, 15) is 8.42 Å². The van der Waals surface area contributed by atoms with Gasteiger partial charge < -0.3 is 8.85 Å². The molecule has 2 aromatic carbocycles. The molecule has 0 saturated heterocycles. The molecular weight excluding hydrogens is 805 g/mol. The quantitative estimate of drug-likeness (QED) is 0.180. The number of halogens is 2. The van der Waals surface area contributed by atoms with E-state index in [2.05, 4.69) is 121 Å². The molecule has 1 N–H and O–H groups in total. The Morgan fingerprint density at radius 1 is 0.708 bits per heavy atom. The lowest BCUT2D eigenvalue weighted by Gasteiger charge is -2.37. The van der Waals surface area contributed by atoms with Crippen molar-refractivity contribution in [1.29, 1.82) is 0 Å². The molecule has 0 heterocycles. The van der Waals surface area contributed by atoms with Gasteiger partial charge in [-0.2, -0.15) is 4.40 Å². The summed E-state index contributed by atoms with van der Waals surface area (Å²) in [6.45, 7) is 34.9. The highest BCUT2D eigenvalue weighted by Gasteiger charge is 2.39. The lowest BCUT2D eigenvalue weighted by Crippen LogP contribution is -2.44. The Kier molecular flexibility index (Phi) is 17.1. The van der Waals surface area contributed by atoms with Crippen molar-refractivity contribution in [3.63, 3.8) is 0 Å². The predicted octanol–water partition coefficient (Wildman–Crippen LogP) is 11.3. The van der Waals surface area contributed by atoms with E-state index in [0.717, 1.165) is 25.8 Å². The van der Waals surface area contributed by atoms with Gasteiger partial charge in [-0.15, -0.1) is 0 Å². The summed E-state index contributed by atoms with van der Waals surface area (Å²) in [6, 6.07) is 15.9. The second-order valence-corrected chi connectivity index (χ2v) is 32.5. The predicted molar refractivity (Wildman–Crippen MR) is 223 cm³/mol. The van der Waals surface area contributed by atoms with Crippen LogP contribution in [0.4, 0.5) is 0 Å². The number of hydrogen-bond donors (Lipinski definition) is 1. The van der Waals surface area contributed by atoms with E-state index in [-0.39, 0.29) is 20.9 Å². The van der Waals surface area contributed by atoms with Gasteiger partial charge in [0.2, 0.25) is 0 Å². The van der Waals surface area contributed by atoms with Crippen molar-refractivity contribution < 1.29 is 17.3 Å². The van der Waals surface area contributed by atoms with E-state index in [0.29, 0.717) is 13.2 Å². The van der Waals surface area contributed by atoms with Crippen LogP contribution in [0.15, 0.2) is 61.9 Å². The minimum absolute atomic E-state index is 0.0905. The van der Waals surface area contributed by atoms with E-state index in [4.69, 9.17) is 8.85 Å². The van der Waals surface area contributed by atoms with Gasteiger partial charge in [-0.25, -0.2) is 13.1 Å². The van der Waals surface area contributed by atoms with Gasteiger partial charge in [-0.1, -0.05) is 97.7 Å². The van der Waals surface area contributed by atoms with Gasteiger partial charge in [0, 0.05) is 8.95 Å². The average Bonchev–Trinajstić information content (AvgIpc) is 2.92. The Morgan fingerprint density at radius 3 is 1.52 bits per heavy atom. The number of nitrogens with one attached hydrogen (secondary N) is 1. The smallest absolute Gasteiger partial charge is 0.192 e. The molecule has 0 saturated carbocycles. The highest BCUT2D eigenvalue weighted by molar-refractivity contribution is 9.10. The van der Waals surface area contributed by atoms with E-state index >= 15 is 0 Å². The van der Waals surface area contributed by atoms with Crippen molar-refractivity contribution >= 4 is 76.2 Å². The van der Waals surface area contributed by atoms with Crippen LogP contribution in [-0.2, 0) is 30.8 Å². The largest absolute Gasteiger partial charge is 0.415 e. The molecule has 274 valence electrons. The van der Waals surface area contributed by atoms with E-state index in [1.807, 2.05) is 77.9 Å². The number of benzene rings is 2. The maximum Gasteiger partial charge on any atom is 0.192 e. The average molecular weight is 867 g/mol. The third-order valence-electron chi connectivity index (χ3n) is 8.77. The molecule has 0 aromatic heterocycles. The molecule has 0 radical (unpaired) electrons. The van der Waals surface area contributed by atoms with E-state index < -0.39 is 43.4 Å². The maximum absolute atomic E-state index is 12.6. The molecule has 0 fully saturated rings. The van der Waals surface area contributed by atoms with E-state index in [1.165, 1.54) is 0 Å². The first kappa shape index (κ1) is 45.7. The molecule has 0 unspecified atom stereocenters. The zero-order valence-corrected chi connectivity index (χ0v) is 39.1. The highest BCUT2D eigenvalue weighted by Crippen LogP contribution is 2.38. The molecule has 0 spiro atoms. The number of hydrogen-bond acceptors (Lipinski definition) is 4. The van der Waals surface area contributed by atoms with Crippen molar-refractivity contribution in [3.8, 4) is 0 Å². The van der Waals surface area contributed by atoms with Gasteiger partial charge >= 0.3 is 0 Å². The Morgan fingerprint density at radius 2 is 1.12 bits per heavy atom. The molecule has 0 amide bonds. The zero-order valence-electron chi connectivity index (χ0n) is 32.3. The molecule has 48 heavy (non-hydrogen) atoms. The number of rotatable bonds is 11. The van der Waals surface area contributed by atoms with Crippen LogP contribution in [0, 0.1) is 0 Å². The van der Waals surface area contributed by atoms with Gasteiger partial charge in [-0.05, 0) is 113 Å². The number of nitrogens with zero attached hydrogens (tertiary/aromatic N) is 1. The van der Waals surface area contributed by atoms with Crippen molar-refractivity contribution in [2.24, 2.45) is 4.40 Å². The minimum Gasteiger partial charge on any atom is -0.415 e.